The molecule has 5 rings (SSSR count). The fourth-order valence-electron chi connectivity index (χ4n) is 4.71. The average molecular weight is 509 g/mol. The van der Waals surface area contributed by atoms with E-state index in [2.05, 4.69) is 16.1 Å². The van der Waals surface area contributed by atoms with E-state index in [0.29, 0.717) is 28.4 Å². The maximum atomic E-state index is 13.9. The van der Waals surface area contributed by atoms with Crippen molar-refractivity contribution in [2.75, 3.05) is 6.54 Å². The number of terminal acetylenes is 1. The molecule has 178 valence electrons. The van der Waals surface area contributed by atoms with Crippen LogP contribution in [0.5, 0.6) is 0 Å². The quantitative estimate of drug-likeness (QED) is 0.466. The summed E-state index contributed by atoms with van der Waals surface area (Å²) in [6.45, 7) is 2.20. The highest BCUT2D eigenvalue weighted by Gasteiger charge is 2.41. The minimum Gasteiger partial charge on any atom is -0.366 e. The van der Waals surface area contributed by atoms with Crippen molar-refractivity contribution in [1.29, 1.82) is 0 Å². The van der Waals surface area contributed by atoms with Gasteiger partial charge in [-0.25, -0.2) is 13.8 Å². The molecule has 35 heavy (non-hydrogen) atoms. The Kier molecular flexibility index (Phi) is 6.68. The van der Waals surface area contributed by atoms with Gasteiger partial charge in [-0.3, -0.25) is 4.99 Å². The van der Waals surface area contributed by atoms with Gasteiger partial charge in [0.1, 0.15) is 23.9 Å². The monoisotopic (exact) mass is 508 g/mol. The van der Waals surface area contributed by atoms with Gasteiger partial charge in [0, 0.05) is 47.2 Å². The standard InChI is InChI=1S/C27H23ClF2N4S/c1-3-4-17-12-23-25(22-8-6-19(32-22)11-16(2)29)26(20-7-5-18(30)13-21(20)28)33-27(34(23)15-17)24-14-31-9-10-35-24/h1,5-11,13-14,16-17,26,31H,4,12,15H2,2H3/b19-11-/t16-,17?,26+/m1/s1. The Bertz CT molecular complexity index is 1310. The van der Waals surface area contributed by atoms with Gasteiger partial charge in [-0.05, 0) is 55.0 Å². The molecule has 4 nitrogen and oxygen atoms in total. The largest absolute Gasteiger partial charge is 0.366 e. The van der Waals surface area contributed by atoms with Crippen molar-refractivity contribution in [2.24, 2.45) is 15.9 Å². The number of rotatable bonds is 5. The maximum Gasteiger partial charge on any atom is 0.144 e. The predicted molar refractivity (Wildman–Crippen MR) is 140 cm³/mol. The van der Waals surface area contributed by atoms with Crippen molar-refractivity contribution in [3.63, 3.8) is 0 Å². The van der Waals surface area contributed by atoms with Crippen molar-refractivity contribution in [3.8, 4) is 12.3 Å². The second kappa shape index (κ2) is 9.88. The molecule has 0 spiro atoms. The molecule has 1 N–H and O–H groups in total. The minimum absolute atomic E-state index is 0.252. The Hall–Kier alpha value is -3.08. The summed E-state index contributed by atoms with van der Waals surface area (Å²) in [6, 6.07) is 3.86. The van der Waals surface area contributed by atoms with E-state index in [0.717, 1.165) is 35.0 Å². The van der Waals surface area contributed by atoms with E-state index in [9.17, 15) is 8.78 Å². The van der Waals surface area contributed by atoms with Crippen LogP contribution < -0.4 is 5.32 Å². The first kappa shape index (κ1) is 23.7. The van der Waals surface area contributed by atoms with Gasteiger partial charge in [0.05, 0.1) is 16.3 Å². The van der Waals surface area contributed by atoms with Gasteiger partial charge in [-0.1, -0.05) is 29.4 Å². The highest BCUT2D eigenvalue weighted by molar-refractivity contribution is 8.06. The van der Waals surface area contributed by atoms with E-state index in [-0.39, 0.29) is 5.92 Å². The first-order valence-corrected chi connectivity index (χ1v) is 12.6. The third-order valence-corrected chi connectivity index (χ3v) is 7.29. The third kappa shape index (κ3) is 4.73. The average Bonchev–Trinajstić information content (AvgIpc) is 3.45. The van der Waals surface area contributed by atoms with Crippen molar-refractivity contribution in [1.82, 2.24) is 10.2 Å². The van der Waals surface area contributed by atoms with Crippen LogP contribution in [-0.2, 0) is 0 Å². The normalized spacial score (nSPS) is 25.2. The van der Waals surface area contributed by atoms with Crippen LogP contribution in [0.3, 0.4) is 0 Å². The number of fused-ring (bicyclic) bond motifs is 1. The molecule has 0 saturated carbocycles. The molecule has 0 aliphatic carbocycles. The number of benzene rings is 1. The van der Waals surface area contributed by atoms with Crippen molar-refractivity contribution in [3.05, 3.63) is 92.5 Å². The number of thioether (sulfide) groups is 1. The Morgan fingerprint density at radius 1 is 1.40 bits per heavy atom. The molecule has 0 amide bonds. The second-order valence-electron chi connectivity index (χ2n) is 8.67. The molecular formula is C27H23ClF2N4S. The van der Waals surface area contributed by atoms with Crippen LogP contribution in [-0.4, -0.2) is 29.2 Å². The zero-order chi connectivity index (χ0) is 24.5. The van der Waals surface area contributed by atoms with E-state index in [1.54, 1.807) is 23.9 Å². The summed E-state index contributed by atoms with van der Waals surface area (Å²) in [6.07, 6.45) is 14.9. The molecule has 1 saturated heterocycles. The van der Waals surface area contributed by atoms with E-state index >= 15 is 0 Å². The number of hydrogen-bond acceptors (Lipinski definition) is 5. The first-order chi connectivity index (χ1) is 16.9. The second-order valence-corrected chi connectivity index (χ2v) is 10.0. The van der Waals surface area contributed by atoms with Gasteiger partial charge in [0.15, 0.2) is 0 Å². The van der Waals surface area contributed by atoms with Gasteiger partial charge < -0.3 is 10.2 Å². The number of allylic oxidation sites excluding steroid dienone is 4. The summed E-state index contributed by atoms with van der Waals surface area (Å²) in [5.41, 5.74) is 3.90. The lowest BCUT2D eigenvalue weighted by molar-refractivity contribution is 0.429. The summed E-state index contributed by atoms with van der Waals surface area (Å²) in [4.78, 5) is 13.1. The number of amidine groups is 1. The minimum atomic E-state index is -1.12. The van der Waals surface area contributed by atoms with Crippen LogP contribution in [0.4, 0.5) is 8.78 Å². The smallest absolute Gasteiger partial charge is 0.144 e. The van der Waals surface area contributed by atoms with E-state index in [1.165, 1.54) is 25.1 Å². The summed E-state index contributed by atoms with van der Waals surface area (Å²) < 4.78 is 27.6. The highest BCUT2D eigenvalue weighted by Crippen LogP contribution is 2.46. The topological polar surface area (TPSA) is 40.0 Å². The fraction of sp³-hybridized carbons (Fsp3) is 0.259. The lowest BCUT2D eigenvalue weighted by atomic mass is 9.90. The SMILES string of the molecule is C#CCC1CC2=C(C3=N/C(=C\[C@@H](C)F)C=C3)[C@H](c3ccc(F)cc3Cl)N=C(C3=CNC=CS3)N2C1. The zero-order valence-electron chi connectivity index (χ0n) is 19.0. The summed E-state index contributed by atoms with van der Waals surface area (Å²) >= 11 is 8.13. The van der Waals surface area contributed by atoms with Crippen molar-refractivity contribution in [2.45, 2.75) is 32.0 Å². The third-order valence-electron chi connectivity index (χ3n) is 6.14. The Balaban J connectivity index is 1.69. The molecular weight excluding hydrogens is 486 g/mol. The number of nitrogens with zero attached hydrogens (tertiary/aromatic N) is 3. The predicted octanol–water partition coefficient (Wildman–Crippen LogP) is 6.43. The molecule has 1 aromatic carbocycles. The van der Waals surface area contributed by atoms with Crippen molar-refractivity contribution >= 4 is 34.9 Å². The van der Waals surface area contributed by atoms with Crippen LogP contribution in [0.1, 0.15) is 31.4 Å². The van der Waals surface area contributed by atoms with E-state index in [1.807, 2.05) is 23.9 Å². The Morgan fingerprint density at radius 3 is 2.97 bits per heavy atom. The molecule has 1 aromatic rings. The first-order valence-electron chi connectivity index (χ1n) is 11.3. The van der Waals surface area contributed by atoms with Gasteiger partial charge in [0.25, 0.3) is 0 Å². The molecule has 4 heterocycles. The fourth-order valence-corrected chi connectivity index (χ4v) is 5.68. The molecule has 0 radical (unpaired) electrons. The number of halogens is 3. The molecule has 0 bridgehead atoms. The molecule has 4 aliphatic rings. The lowest BCUT2D eigenvalue weighted by Gasteiger charge is -2.34. The lowest BCUT2D eigenvalue weighted by Crippen LogP contribution is -2.35. The Morgan fingerprint density at radius 2 is 2.26 bits per heavy atom. The number of alkyl halides is 1. The van der Waals surface area contributed by atoms with Crippen LogP contribution in [0.15, 0.2) is 86.1 Å². The molecule has 0 aromatic heterocycles. The molecule has 1 unspecified atom stereocenters. The van der Waals surface area contributed by atoms with Gasteiger partial charge in [-0.2, -0.15) is 0 Å². The van der Waals surface area contributed by atoms with Crippen LogP contribution in [0.25, 0.3) is 0 Å². The molecule has 3 atom stereocenters. The molecule has 4 aliphatic heterocycles. The summed E-state index contributed by atoms with van der Waals surface area (Å²) in [5.74, 6) is 3.45. The van der Waals surface area contributed by atoms with E-state index < -0.39 is 18.0 Å². The molecule has 1 fully saturated rings. The van der Waals surface area contributed by atoms with Gasteiger partial charge >= 0.3 is 0 Å². The van der Waals surface area contributed by atoms with Gasteiger partial charge in [0.2, 0.25) is 0 Å². The summed E-state index contributed by atoms with van der Waals surface area (Å²) in [5, 5.41) is 5.40. The molecule has 8 heteroatoms. The van der Waals surface area contributed by atoms with Crippen LogP contribution >= 0.6 is 23.4 Å². The summed E-state index contributed by atoms with van der Waals surface area (Å²) in [7, 11) is 0. The Labute approximate surface area is 212 Å². The number of nitrogens with one attached hydrogen (secondary N) is 1. The van der Waals surface area contributed by atoms with Crippen molar-refractivity contribution < 1.29 is 8.78 Å². The van der Waals surface area contributed by atoms with Gasteiger partial charge in [-0.15, -0.1) is 12.3 Å². The highest BCUT2D eigenvalue weighted by atomic mass is 35.5. The maximum absolute atomic E-state index is 13.9. The zero-order valence-corrected chi connectivity index (χ0v) is 20.6. The van der Waals surface area contributed by atoms with Crippen LogP contribution in [0, 0.1) is 24.1 Å². The van der Waals surface area contributed by atoms with E-state index in [4.69, 9.17) is 28.0 Å². The number of hydrogen-bond donors (Lipinski definition) is 1. The van der Waals surface area contributed by atoms with Crippen LogP contribution in [0.2, 0.25) is 5.02 Å². The number of aliphatic imine (C=N–C) groups is 2.